The highest BCUT2D eigenvalue weighted by Gasteiger charge is 2.28. The van der Waals surface area contributed by atoms with E-state index in [9.17, 15) is 4.79 Å². The molecule has 19 heavy (non-hydrogen) atoms. The molecule has 1 saturated carbocycles. The van der Waals surface area contributed by atoms with Gasteiger partial charge < -0.3 is 16.0 Å². The smallest absolute Gasteiger partial charge is 0.221 e. The van der Waals surface area contributed by atoms with Gasteiger partial charge in [0, 0.05) is 58.3 Å². The van der Waals surface area contributed by atoms with Gasteiger partial charge in [0.25, 0.3) is 0 Å². The van der Waals surface area contributed by atoms with Crippen LogP contribution in [0.2, 0.25) is 0 Å². The summed E-state index contributed by atoms with van der Waals surface area (Å²) < 4.78 is 0. The molecule has 0 aromatic carbocycles. The van der Waals surface area contributed by atoms with E-state index in [0.29, 0.717) is 19.5 Å². The lowest BCUT2D eigenvalue weighted by molar-refractivity contribution is -0.122. The third-order valence-electron chi connectivity index (χ3n) is 4.20. The Bertz CT molecular complexity index is 285. The molecule has 1 aliphatic heterocycles. The molecule has 2 fully saturated rings. The maximum absolute atomic E-state index is 11.7. The van der Waals surface area contributed by atoms with Crippen LogP contribution < -0.4 is 11.1 Å². The first-order valence-electron chi connectivity index (χ1n) is 7.66. The van der Waals surface area contributed by atoms with Crippen LogP contribution in [-0.2, 0) is 4.79 Å². The molecular formula is C14H28N4O. The molecule has 0 aromatic rings. The van der Waals surface area contributed by atoms with Crippen molar-refractivity contribution in [1.29, 1.82) is 0 Å². The number of hydrogen-bond acceptors (Lipinski definition) is 4. The minimum Gasteiger partial charge on any atom is -0.356 e. The standard InChI is InChI=1S/C14H28N4O/c1-2-16-14(19)9-13(10-15)18-7-5-17(6-8-18)11-12-3-4-12/h12-13H,2-11,15H2,1H3,(H,16,19). The van der Waals surface area contributed by atoms with Crippen molar-refractivity contribution in [3.63, 3.8) is 0 Å². The zero-order valence-electron chi connectivity index (χ0n) is 12.1. The maximum atomic E-state index is 11.7. The second kappa shape index (κ2) is 7.22. The summed E-state index contributed by atoms with van der Waals surface area (Å²) in [5.74, 6) is 1.09. The highest BCUT2D eigenvalue weighted by molar-refractivity contribution is 5.76. The highest BCUT2D eigenvalue weighted by atomic mass is 16.1. The first kappa shape index (κ1) is 14.8. The second-order valence-corrected chi connectivity index (χ2v) is 5.83. The largest absolute Gasteiger partial charge is 0.356 e. The summed E-state index contributed by atoms with van der Waals surface area (Å²) in [4.78, 5) is 16.6. The lowest BCUT2D eigenvalue weighted by Crippen LogP contribution is -2.53. The fraction of sp³-hybridized carbons (Fsp3) is 0.929. The molecule has 5 heteroatoms. The molecule has 1 amide bonds. The van der Waals surface area contributed by atoms with E-state index in [-0.39, 0.29) is 11.9 Å². The number of carbonyl (C=O) groups excluding carboxylic acids is 1. The quantitative estimate of drug-likeness (QED) is 0.675. The van der Waals surface area contributed by atoms with Gasteiger partial charge in [-0.2, -0.15) is 0 Å². The van der Waals surface area contributed by atoms with Crippen LogP contribution in [0.3, 0.4) is 0 Å². The van der Waals surface area contributed by atoms with Crippen molar-refractivity contribution < 1.29 is 4.79 Å². The van der Waals surface area contributed by atoms with Crippen molar-refractivity contribution in [2.75, 3.05) is 45.8 Å². The van der Waals surface area contributed by atoms with E-state index in [1.165, 1.54) is 19.4 Å². The van der Waals surface area contributed by atoms with E-state index in [0.717, 1.165) is 32.1 Å². The number of nitrogens with one attached hydrogen (secondary N) is 1. The average Bonchev–Trinajstić information content (AvgIpc) is 3.21. The summed E-state index contributed by atoms with van der Waals surface area (Å²) in [5.41, 5.74) is 5.84. The third kappa shape index (κ3) is 4.75. The summed E-state index contributed by atoms with van der Waals surface area (Å²) in [6, 6.07) is 0.203. The second-order valence-electron chi connectivity index (χ2n) is 5.83. The number of hydrogen-bond donors (Lipinski definition) is 2. The van der Waals surface area contributed by atoms with Crippen LogP contribution in [0.25, 0.3) is 0 Å². The Labute approximate surface area is 116 Å². The highest BCUT2D eigenvalue weighted by Crippen LogP contribution is 2.30. The monoisotopic (exact) mass is 268 g/mol. The van der Waals surface area contributed by atoms with E-state index in [4.69, 9.17) is 5.73 Å². The van der Waals surface area contributed by atoms with Crippen LogP contribution in [0, 0.1) is 5.92 Å². The first-order chi connectivity index (χ1) is 9.22. The molecule has 0 spiro atoms. The molecule has 1 aliphatic carbocycles. The van der Waals surface area contributed by atoms with Crippen molar-refractivity contribution >= 4 is 5.91 Å². The van der Waals surface area contributed by atoms with Crippen LogP contribution in [0.15, 0.2) is 0 Å². The molecule has 2 aliphatic rings. The van der Waals surface area contributed by atoms with Crippen LogP contribution in [-0.4, -0.2) is 67.6 Å². The van der Waals surface area contributed by atoms with Crippen molar-refractivity contribution in [3.8, 4) is 0 Å². The summed E-state index contributed by atoms with van der Waals surface area (Å²) in [7, 11) is 0. The van der Waals surface area contributed by atoms with Gasteiger partial charge in [-0.25, -0.2) is 0 Å². The maximum Gasteiger partial charge on any atom is 0.221 e. The molecule has 5 nitrogen and oxygen atoms in total. The number of piperazine rings is 1. The number of carbonyl (C=O) groups is 1. The van der Waals surface area contributed by atoms with E-state index >= 15 is 0 Å². The number of nitrogens with two attached hydrogens (primary N) is 1. The Morgan fingerprint density at radius 2 is 2.00 bits per heavy atom. The summed E-state index contributed by atoms with van der Waals surface area (Å²) in [6.07, 6.45) is 3.37. The molecule has 3 N–H and O–H groups in total. The minimum atomic E-state index is 0.123. The van der Waals surface area contributed by atoms with E-state index in [1.54, 1.807) is 0 Å². The van der Waals surface area contributed by atoms with Crippen LogP contribution in [0.1, 0.15) is 26.2 Å². The van der Waals surface area contributed by atoms with Gasteiger partial charge in [-0.1, -0.05) is 0 Å². The fourth-order valence-electron chi connectivity index (χ4n) is 2.82. The Hall–Kier alpha value is -0.650. The van der Waals surface area contributed by atoms with Crippen molar-refractivity contribution in [1.82, 2.24) is 15.1 Å². The molecule has 0 aromatic heterocycles. The van der Waals surface area contributed by atoms with Gasteiger partial charge in [0.15, 0.2) is 0 Å². The van der Waals surface area contributed by atoms with Gasteiger partial charge in [0.2, 0.25) is 5.91 Å². The van der Waals surface area contributed by atoms with E-state index < -0.39 is 0 Å². The third-order valence-corrected chi connectivity index (χ3v) is 4.20. The zero-order valence-corrected chi connectivity index (χ0v) is 12.1. The molecular weight excluding hydrogens is 240 g/mol. The molecule has 1 saturated heterocycles. The van der Waals surface area contributed by atoms with Gasteiger partial charge in [-0.15, -0.1) is 0 Å². The summed E-state index contributed by atoms with van der Waals surface area (Å²) in [6.45, 7) is 8.85. The minimum absolute atomic E-state index is 0.123. The summed E-state index contributed by atoms with van der Waals surface area (Å²) in [5, 5.41) is 2.86. The van der Waals surface area contributed by atoms with E-state index in [2.05, 4.69) is 15.1 Å². The molecule has 1 heterocycles. The van der Waals surface area contributed by atoms with Gasteiger partial charge in [0.1, 0.15) is 0 Å². The fourth-order valence-corrected chi connectivity index (χ4v) is 2.82. The Balaban J connectivity index is 1.72. The van der Waals surface area contributed by atoms with Gasteiger partial charge in [-0.05, 0) is 25.7 Å². The first-order valence-corrected chi connectivity index (χ1v) is 7.66. The lowest BCUT2D eigenvalue weighted by atomic mass is 10.1. The van der Waals surface area contributed by atoms with Gasteiger partial charge in [-0.3, -0.25) is 9.69 Å². The number of amides is 1. The predicted octanol–water partition coefficient (Wildman–Crippen LogP) is -0.132. The Morgan fingerprint density at radius 3 is 2.53 bits per heavy atom. The molecule has 1 unspecified atom stereocenters. The predicted molar refractivity (Wildman–Crippen MR) is 76.9 cm³/mol. The van der Waals surface area contributed by atoms with Crippen LogP contribution in [0.5, 0.6) is 0 Å². The Kier molecular flexibility index (Phi) is 5.60. The van der Waals surface area contributed by atoms with Gasteiger partial charge >= 0.3 is 0 Å². The zero-order chi connectivity index (χ0) is 13.7. The van der Waals surface area contributed by atoms with Gasteiger partial charge in [0.05, 0.1) is 0 Å². The van der Waals surface area contributed by atoms with E-state index in [1.807, 2.05) is 6.92 Å². The SMILES string of the molecule is CCNC(=O)CC(CN)N1CCN(CC2CC2)CC1. The van der Waals surface area contributed by atoms with Crippen LogP contribution >= 0.6 is 0 Å². The lowest BCUT2D eigenvalue weighted by Gasteiger charge is -2.38. The molecule has 110 valence electrons. The van der Waals surface area contributed by atoms with Crippen molar-refractivity contribution in [3.05, 3.63) is 0 Å². The molecule has 0 radical (unpaired) electrons. The van der Waals surface area contributed by atoms with Crippen molar-refractivity contribution in [2.45, 2.75) is 32.2 Å². The molecule has 1 atom stereocenters. The topological polar surface area (TPSA) is 61.6 Å². The normalized spacial score (nSPS) is 23.3. The average molecular weight is 268 g/mol. The summed E-state index contributed by atoms with van der Waals surface area (Å²) >= 11 is 0. The van der Waals surface area contributed by atoms with Crippen LogP contribution in [0.4, 0.5) is 0 Å². The molecule has 0 bridgehead atoms. The number of rotatable bonds is 7. The molecule has 2 rings (SSSR count). The Morgan fingerprint density at radius 1 is 1.32 bits per heavy atom. The van der Waals surface area contributed by atoms with Crippen molar-refractivity contribution in [2.24, 2.45) is 11.7 Å². The number of nitrogens with zero attached hydrogens (tertiary/aromatic N) is 2.